The second kappa shape index (κ2) is 9.31. The molecule has 2 aromatic rings. The fourth-order valence-electron chi connectivity index (χ4n) is 2.22. The van der Waals surface area contributed by atoms with E-state index in [9.17, 15) is 13.2 Å². The molecule has 0 heterocycles. The number of rotatable bonds is 9. The van der Waals surface area contributed by atoms with Gasteiger partial charge in [-0.1, -0.05) is 42.5 Å². The lowest BCUT2D eigenvalue weighted by Gasteiger charge is -2.08. The highest BCUT2D eigenvalue weighted by molar-refractivity contribution is 7.89. The molecule has 0 fully saturated rings. The molecule has 0 unspecified atom stereocenters. The molecule has 0 radical (unpaired) electrons. The van der Waals surface area contributed by atoms with E-state index in [4.69, 9.17) is 0 Å². The Morgan fingerprint density at radius 2 is 1.56 bits per heavy atom. The van der Waals surface area contributed by atoms with Gasteiger partial charge in [0.15, 0.2) is 0 Å². The molecule has 0 aliphatic rings. The van der Waals surface area contributed by atoms with Gasteiger partial charge in [0.05, 0.1) is 5.75 Å². The lowest BCUT2D eigenvalue weighted by atomic mass is 10.1. The third-order valence-electron chi connectivity index (χ3n) is 3.66. The highest BCUT2D eigenvalue weighted by Gasteiger charge is 2.09. The third-order valence-corrected chi connectivity index (χ3v) is 4.98. The van der Waals surface area contributed by atoms with E-state index < -0.39 is 10.0 Å². The van der Waals surface area contributed by atoms with E-state index in [2.05, 4.69) is 15.4 Å². The fourth-order valence-corrected chi connectivity index (χ4v) is 3.16. The fraction of sp³-hybridized carbons (Fsp3) is 0.278. The molecule has 0 bridgehead atoms. The summed E-state index contributed by atoms with van der Waals surface area (Å²) in [6.07, 6.45) is 0. The summed E-state index contributed by atoms with van der Waals surface area (Å²) in [4.78, 5) is 11.5. The maximum absolute atomic E-state index is 12.0. The molecule has 2 rings (SSSR count). The van der Waals surface area contributed by atoms with Gasteiger partial charge in [0.1, 0.15) is 0 Å². The van der Waals surface area contributed by atoms with Crippen molar-refractivity contribution in [2.75, 3.05) is 19.3 Å². The van der Waals surface area contributed by atoms with Gasteiger partial charge in [-0.15, -0.1) is 0 Å². The van der Waals surface area contributed by atoms with Crippen LogP contribution in [0, 0.1) is 0 Å². The van der Waals surface area contributed by atoms with Crippen LogP contribution in [0.1, 0.15) is 21.5 Å². The number of sulfonamides is 1. The van der Waals surface area contributed by atoms with Crippen molar-refractivity contribution in [3.63, 3.8) is 0 Å². The zero-order chi connectivity index (χ0) is 18.1. The molecule has 25 heavy (non-hydrogen) atoms. The molecule has 0 spiro atoms. The number of hydrogen-bond acceptors (Lipinski definition) is 4. The summed E-state index contributed by atoms with van der Waals surface area (Å²) in [7, 11) is -1.73. The van der Waals surface area contributed by atoms with Gasteiger partial charge in [-0.05, 0) is 23.3 Å². The monoisotopic (exact) mass is 361 g/mol. The first-order valence-corrected chi connectivity index (χ1v) is 9.68. The molecule has 6 nitrogen and oxygen atoms in total. The normalized spacial score (nSPS) is 11.2. The predicted molar refractivity (Wildman–Crippen MR) is 98.6 cm³/mol. The summed E-state index contributed by atoms with van der Waals surface area (Å²) < 4.78 is 26.5. The summed E-state index contributed by atoms with van der Waals surface area (Å²) >= 11 is 0. The molecular weight excluding hydrogens is 338 g/mol. The van der Waals surface area contributed by atoms with Gasteiger partial charge in [0, 0.05) is 32.2 Å². The Balaban J connectivity index is 1.71. The van der Waals surface area contributed by atoms with E-state index in [0.29, 0.717) is 25.2 Å². The van der Waals surface area contributed by atoms with Crippen molar-refractivity contribution in [1.82, 2.24) is 15.4 Å². The molecule has 1 amide bonds. The standard InChI is InChI=1S/C18H23N3O3S/c1-19-18(22)17-9-7-16(8-10-17)13-20-11-12-25(23,24)21-14-15-5-3-2-4-6-15/h2-10,20-21H,11-14H2,1H3,(H,19,22). The van der Waals surface area contributed by atoms with Crippen molar-refractivity contribution in [1.29, 1.82) is 0 Å². The number of hydrogen-bond donors (Lipinski definition) is 3. The smallest absolute Gasteiger partial charge is 0.251 e. The number of carbonyl (C=O) groups is 1. The zero-order valence-electron chi connectivity index (χ0n) is 14.2. The van der Waals surface area contributed by atoms with Crippen molar-refractivity contribution in [2.45, 2.75) is 13.1 Å². The summed E-state index contributed by atoms with van der Waals surface area (Å²) in [5.41, 5.74) is 2.51. The van der Waals surface area contributed by atoms with Crippen LogP contribution in [0.2, 0.25) is 0 Å². The zero-order valence-corrected chi connectivity index (χ0v) is 15.0. The van der Waals surface area contributed by atoms with Gasteiger partial charge in [-0.3, -0.25) is 4.79 Å². The Morgan fingerprint density at radius 3 is 2.20 bits per heavy atom. The molecule has 0 saturated carbocycles. The molecule has 0 saturated heterocycles. The number of carbonyl (C=O) groups excluding carboxylic acids is 1. The summed E-state index contributed by atoms with van der Waals surface area (Å²) in [6, 6.07) is 16.6. The predicted octanol–water partition coefficient (Wildman–Crippen LogP) is 1.26. The van der Waals surface area contributed by atoms with E-state index in [1.165, 1.54) is 0 Å². The average molecular weight is 361 g/mol. The van der Waals surface area contributed by atoms with Crippen molar-refractivity contribution in [2.24, 2.45) is 0 Å². The minimum Gasteiger partial charge on any atom is -0.355 e. The molecule has 2 aromatic carbocycles. The Bertz CT molecular complexity index is 775. The molecule has 7 heteroatoms. The minimum atomic E-state index is -3.32. The van der Waals surface area contributed by atoms with E-state index in [1.807, 2.05) is 42.5 Å². The minimum absolute atomic E-state index is 0.0101. The Labute approximate surface area is 148 Å². The third kappa shape index (κ3) is 6.66. The largest absolute Gasteiger partial charge is 0.355 e. The first kappa shape index (κ1) is 19.1. The van der Waals surface area contributed by atoms with Gasteiger partial charge in [-0.25, -0.2) is 13.1 Å². The van der Waals surface area contributed by atoms with Crippen LogP contribution in [-0.2, 0) is 23.1 Å². The first-order valence-electron chi connectivity index (χ1n) is 8.03. The van der Waals surface area contributed by atoms with Gasteiger partial charge in [0.25, 0.3) is 5.91 Å². The second-order valence-electron chi connectivity index (χ2n) is 5.58. The summed E-state index contributed by atoms with van der Waals surface area (Å²) in [6.45, 7) is 1.19. The van der Waals surface area contributed by atoms with E-state index >= 15 is 0 Å². The Morgan fingerprint density at radius 1 is 0.920 bits per heavy atom. The van der Waals surface area contributed by atoms with Crippen molar-refractivity contribution < 1.29 is 13.2 Å². The molecule has 0 atom stereocenters. The van der Waals surface area contributed by atoms with Crippen LogP contribution in [0.3, 0.4) is 0 Å². The van der Waals surface area contributed by atoms with Gasteiger partial charge in [-0.2, -0.15) is 0 Å². The van der Waals surface area contributed by atoms with Crippen LogP contribution in [0.25, 0.3) is 0 Å². The lowest BCUT2D eigenvalue weighted by molar-refractivity contribution is 0.0963. The average Bonchev–Trinajstić information content (AvgIpc) is 2.64. The quantitative estimate of drug-likeness (QED) is 0.587. The van der Waals surface area contributed by atoms with Gasteiger partial charge in [0.2, 0.25) is 10.0 Å². The number of nitrogens with one attached hydrogen (secondary N) is 3. The van der Waals surface area contributed by atoms with Gasteiger partial charge >= 0.3 is 0 Å². The SMILES string of the molecule is CNC(=O)c1ccc(CNCCS(=O)(=O)NCc2ccccc2)cc1. The topological polar surface area (TPSA) is 87.3 Å². The van der Waals surface area contributed by atoms with Crippen LogP contribution in [-0.4, -0.2) is 33.7 Å². The maximum atomic E-state index is 12.0. The molecule has 3 N–H and O–H groups in total. The molecule has 0 aromatic heterocycles. The number of benzene rings is 2. The van der Waals surface area contributed by atoms with Crippen LogP contribution in [0.15, 0.2) is 54.6 Å². The van der Waals surface area contributed by atoms with E-state index in [-0.39, 0.29) is 11.7 Å². The van der Waals surface area contributed by atoms with Crippen molar-refractivity contribution >= 4 is 15.9 Å². The van der Waals surface area contributed by atoms with Crippen LogP contribution >= 0.6 is 0 Å². The lowest BCUT2D eigenvalue weighted by Crippen LogP contribution is -2.31. The van der Waals surface area contributed by atoms with E-state index in [0.717, 1.165) is 11.1 Å². The molecule has 134 valence electrons. The highest BCUT2D eigenvalue weighted by atomic mass is 32.2. The molecule has 0 aliphatic heterocycles. The summed E-state index contributed by atoms with van der Waals surface area (Å²) in [5, 5.41) is 5.66. The van der Waals surface area contributed by atoms with Crippen LogP contribution in [0.5, 0.6) is 0 Å². The molecular formula is C18H23N3O3S. The van der Waals surface area contributed by atoms with Crippen LogP contribution in [0.4, 0.5) is 0 Å². The van der Waals surface area contributed by atoms with E-state index in [1.54, 1.807) is 19.2 Å². The van der Waals surface area contributed by atoms with Crippen molar-refractivity contribution in [3.05, 3.63) is 71.3 Å². The Kier molecular flexibility index (Phi) is 7.12. The Hall–Kier alpha value is -2.22. The molecule has 0 aliphatic carbocycles. The summed E-state index contributed by atoms with van der Waals surface area (Å²) in [5.74, 6) is -0.119. The van der Waals surface area contributed by atoms with Crippen LogP contribution < -0.4 is 15.4 Å². The second-order valence-corrected chi connectivity index (χ2v) is 7.50. The van der Waals surface area contributed by atoms with Crippen molar-refractivity contribution in [3.8, 4) is 0 Å². The number of amides is 1. The maximum Gasteiger partial charge on any atom is 0.251 e. The highest BCUT2D eigenvalue weighted by Crippen LogP contribution is 2.04. The first-order chi connectivity index (χ1) is 12.0. The van der Waals surface area contributed by atoms with Gasteiger partial charge < -0.3 is 10.6 Å².